The van der Waals surface area contributed by atoms with Gasteiger partial charge in [-0.3, -0.25) is 9.59 Å². The second kappa shape index (κ2) is 11.1. The summed E-state index contributed by atoms with van der Waals surface area (Å²) in [5, 5.41) is 25.7. The largest absolute Gasteiger partial charge is 0.481 e. The third-order valence-corrected chi connectivity index (χ3v) is 3.64. The number of amides is 1. The molecule has 0 aliphatic heterocycles. The minimum absolute atomic E-state index is 0.0840. The summed E-state index contributed by atoms with van der Waals surface area (Å²) in [5.41, 5.74) is 0. The van der Waals surface area contributed by atoms with Gasteiger partial charge in [0, 0.05) is 31.7 Å². The number of hydrogen-bond acceptors (Lipinski definition) is 5. The molecule has 0 aromatic heterocycles. The van der Waals surface area contributed by atoms with Crippen LogP contribution in [-0.4, -0.2) is 64.3 Å². The van der Waals surface area contributed by atoms with Crippen molar-refractivity contribution in [3.05, 3.63) is 0 Å². The Morgan fingerprint density at radius 1 is 1.23 bits per heavy atom. The van der Waals surface area contributed by atoms with Crippen LogP contribution in [0.25, 0.3) is 0 Å². The molecule has 8 nitrogen and oxygen atoms in total. The molecule has 0 bridgehead atoms. The zero-order valence-electron chi connectivity index (χ0n) is 12.4. The fourth-order valence-corrected chi connectivity index (χ4v) is 2.50. The lowest BCUT2D eigenvalue weighted by atomic mass is 10.1. The Morgan fingerprint density at radius 3 is 2.32 bits per heavy atom. The van der Waals surface area contributed by atoms with Gasteiger partial charge in [0.05, 0.1) is 0 Å². The summed E-state index contributed by atoms with van der Waals surface area (Å²) in [6.45, 7) is 0. The Labute approximate surface area is 138 Å². The number of rotatable bonds is 10. The summed E-state index contributed by atoms with van der Waals surface area (Å²) in [5.74, 6) is -1.80. The van der Waals surface area contributed by atoms with E-state index in [-0.39, 0.29) is 36.3 Å². The molecule has 2 unspecified atom stereocenters. The second-order valence-corrected chi connectivity index (χ2v) is 5.79. The second-order valence-electron chi connectivity index (χ2n) is 4.47. The first-order valence-electron chi connectivity index (χ1n) is 6.51. The summed E-state index contributed by atoms with van der Waals surface area (Å²) in [6.07, 6.45) is 1.71. The van der Waals surface area contributed by atoms with Crippen molar-refractivity contribution in [1.82, 2.24) is 16.0 Å². The molecule has 1 amide bonds. The van der Waals surface area contributed by atoms with E-state index in [1.54, 1.807) is 0 Å². The van der Waals surface area contributed by atoms with E-state index < -0.39 is 18.0 Å². The topological polar surface area (TPSA) is 128 Å². The monoisotopic (exact) mass is 351 g/mol. The zero-order valence-corrected chi connectivity index (χ0v) is 14.1. The summed E-state index contributed by atoms with van der Waals surface area (Å²) in [4.78, 5) is 33.0. The van der Waals surface area contributed by atoms with Gasteiger partial charge in [0.25, 0.3) is 0 Å². The number of thiocarbonyl (C=S) groups is 1. The van der Waals surface area contributed by atoms with Crippen molar-refractivity contribution in [3.63, 3.8) is 0 Å². The third-order valence-electron chi connectivity index (χ3n) is 2.66. The van der Waals surface area contributed by atoms with Gasteiger partial charge in [-0.2, -0.15) is 11.8 Å². The Balaban J connectivity index is 4.53. The molecule has 126 valence electrons. The maximum atomic E-state index is 11.4. The smallest absolute Gasteiger partial charge is 0.326 e. The number of carbonyl (C=O) groups excluding carboxylic acids is 1. The van der Waals surface area contributed by atoms with E-state index in [1.807, 2.05) is 6.26 Å². The highest BCUT2D eigenvalue weighted by Gasteiger charge is 2.21. The van der Waals surface area contributed by atoms with E-state index in [2.05, 4.69) is 16.0 Å². The minimum Gasteiger partial charge on any atom is -0.481 e. The van der Waals surface area contributed by atoms with E-state index in [0.29, 0.717) is 5.75 Å². The molecular formula is C12H21N3O5S2. The molecule has 22 heavy (non-hydrogen) atoms. The summed E-state index contributed by atoms with van der Waals surface area (Å²) >= 11 is 6.55. The SMILES string of the molecule is CNC(=O)CC(CSC)NC(=S)NC(CCC(=O)O)C(=O)O. The number of aliphatic carboxylic acids is 2. The van der Waals surface area contributed by atoms with Crippen LogP contribution in [0.4, 0.5) is 0 Å². The average Bonchev–Trinajstić information content (AvgIpc) is 2.42. The lowest BCUT2D eigenvalue weighted by Gasteiger charge is -2.22. The van der Waals surface area contributed by atoms with Crippen LogP contribution in [0.5, 0.6) is 0 Å². The van der Waals surface area contributed by atoms with Crippen molar-refractivity contribution in [2.75, 3.05) is 19.1 Å². The quantitative estimate of drug-likeness (QED) is 0.335. The van der Waals surface area contributed by atoms with E-state index >= 15 is 0 Å². The molecule has 0 saturated carbocycles. The first-order chi connectivity index (χ1) is 10.3. The van der Waals surface area contributed by atoms with Crippen LogP contribution < -0.4 is 16.0 Å². The van der Waals surface area contributed by atoms with Crippen molar-refractivity contribution in [2.24, 2.45) is 0 Å². The number of carboxylic acids is 2. The molecule has 0 spiro atoms. The summed E-state index contributed by atoms with van der Waals surface area (Å²) in [6, 6.07) is -1.34. The molecule has 0 aromatic carbocycles. The number of hydrogen-bond donors (Lipinski definition) is 5. The van der Waals surface area contributed by atoms with Gasteiger partial charge in [-0.25, -0.2) is 4.79 Å². The highest BCUT2D eigenvalue weighted by atomic mass is 32.2. The Hall–Kier alpha value is -1.55. The minimum atomic E-state index is -1.18. The standard InChI is InChI=1S/C12H21N3O5S2/c1-13-9(16)5-7(6-22-2)14-12(21)15-8(11(19)20)3-4-10(17)18/h7-8H,3-6H2,1-2H3,(H,13,16)(H,17,18)(H,19,20)(H2,14,15,21). The van der Waals surface area contributed by atoms with E-state index in [1.165, 1.54) is 18.8 Å². The van der Waals surface area contributed by atoms with Gasteiger partial charge in [-0.1, -0.05) is 0 Å². The normalized spacial score (nSPS) is 12.8. The fourth-order valence-electron chi connectivity index (χ4n) is 1.59. The summed E-state index contributed by atoms with van der Waals surface area (Å²) in [7, 11) is 1.53. The molecule has 0 aromatic rings. The molecule has 0 saturated heterocycles. The molecule has 5 N–H and O–H groups in total. The van der Waals surface area contributed by atoms with Gasteiger partial charge in [0.15, 0.2) is 5.11 Å². The highest BCUT2D eigenvalue weighted by molar-refractivity contribution is 7.98. The van der Waals surface area contributed by atoms with E-state index in [9.17, 15) is 14.4 Å². The molecule has 2 atom stereocenters. The Kier molecular flexibility index (Phi) is 10.3. The average molecular weight is 351 g/mol. The fraction of sp³-hybridized carbons (Fsp3) is 0.667. The maximum Gasteiger partial charge on any atom is 0.326 e. The van der Waals surface area contributed by atoms with Gasteiger partial charge in [0.1, 0.15) is 6.04 Å². The lowest BCUT2D eigenvalue weighted by molar-refractivity contribution is -0.140. The van der Waals surface area contributed by atoms with Crippen LogP contribution >= 0.6 is 24.0 Å². The van der Waals surface area contributed by atoms with Crippen LogP contribution in [0.15, 0.2) is 0 Å². The number of thioether (sulfide) groups is 1. The van der Waals surface area contributed by atoms with Crippen LogP contribution in [0.1, 0.15) is 19.3 Å². The van der Waals surface area contributed by atoms with Gasteiger partial charge >= 0.3 is 11.9 Å². The predicted molar refractivity (Wildman–Crippen MR) is 88.0 cm³/mol. The molecule has 0 radical (unpaired) electrons. The van der Waals surface area contributed by atoms with Crippen molar-refractivity contribution >= 4 is 46.9 Å². The first kappa shape index (κ1) is 20.5. The maximum absolute atomic E-state index is 11.4. The van der Waals surface area contributed by atoms with Crippen molar-refractivity contribution in [1.29, 1.82) is 0 Å². The first-order valence-corrected chi connectivity index (χ1v) is 8.31. The van der Waals surface area contributed by atoms with E-state index in [4.69, 9.17) is 22.4 Å². The van der Waals surface area contributed by atoms with Crippen molar-refractivity contribution in [3.8, 4) is 0 Å². The van der Waals surface area contributed by atoms with Gasteiger partial charge in [0.2, 0.25) is 5.91 Å². The van der Waals surface area contributed by atoms with Gasteiger partial charge in [-0.05, 0) is 24.9 Å². The molecule has 0 aliphatic carbocycles. The molecule has 0 fully saturated rings. The van der Waals surface area contributed by atoms with Crippen molar-refractivity contribution < 1.29 is 24.6 Å². The molecule has 10 heteroatoms. The number of nitrogens with one attached hydrogen (secondary N) is 3. The third kappa shape index (κ3) is 9.40. The predicted octanol–water partition coefficient (Wildman–Crippen LogP) is -0.364. The lowest BCUT2D eigenvalue weighted by Crippen LogP contribution is -2.50. The van der Waals surface area contributed by atoms with Crippen LogP contribution in [-0.2, 0) is 14.4 Å². The van der Waals surface area contributed by atoms with Crippen molar-refractivity contribution in [2.45, 2.75) is 31.3 Å². The highest BCUT2D eigenvalue weighted by Crippen LogP contribution is 2.03. The van der Waals surface area contributed by atoms with Crippen LogP contribution in [0, 0.1) is 0 Å². The number of carbonyl (C=O) groups is 3. The molecule has 0 heterocycles. The molecular weight excluding hydrogens is 330 g/mol. The molecule has 0 aliphatic rings. The Morgan fingerprint density at radius 2 is 1.86 bits per heavy atom. The van der Waals surface area contributed by atoms with Crippen LogP contribution in [0.2, 0.25) is 0 Å². The Bertz CT molecular complexity index is 420. The molecule has 0 rings (SSSR count). The van der Waals surface area contributed by atoms with Gasteiger partial charge in [-0.15, -0.1) is 0 Å². The summed E-state index contributed by atoms with van der Waals surface area (Å²) < 4.78 is 0. The zero-order chi connectivity index (χ0) is 17.1. The van der Waals surface area contributed by atoms with Crippen LogP contribution in [0.3, 0.4) is 0 Å². The van der Waals surface area contributed by atoms with E-state index in [0.717, 1.165) is 0 Å². The van der Waals surface area contributed by atoms with Gasteiger partial charge < -0.3 is 26.2 Å². The number of carboxylic acid groups (broad SMARTS) is 2.